The lowest BCUT2D eigenvalue weighted by atomic mass is 10.0. The van der Waals surface area contributed by atoms with Gasteiger partial charge < -0.3 is 20.3 Å². The Balaban J connectivity index is 1.79. The molecular formula is C18H31N7O. The summed E-state index contributed by atoms with van der Waals surface area (Å²) >= 11 is 0. The smallest absolute Gasteiger partial charge is 0.191 e. The number of imidazole rings is 1. The summed E-state index contributed by atoms with van der Waals surface area (Å²) in [5, 5.41) is 21.3. The number of rotatable bonds is 9. The summed E-state index contributed by atoms with van der Waals surface area (Å²) in [6, 6.07) is 0. The first kappa shape index (κ1) is 20.0. The molecule has 0 aliphatic heterocycles. The number of nitrogens with one attached hydrogen (secondary N) is 2. The molecule has 144 valence electrons. The molecule has 0 saturated carbocycles. The molecule has 2 heterocycles. The lowest BCUT2D eigenvalue weighted by Crippen LogP contribution is -2.39. The molecule has 1 atom stereocenters. The van der Waals surface area contributed by atoms with Gasteiger partial charge in [-0.25, -0.2) is 9.98 Å². The van der Waals surface area contributed by atoms with Crippen molar-refractivity contribution in [2.75, 3.05) is 19.6 Å². The predicted octanol–water partition coefficient (Wildman–Crippen LogP) is 1.17. The summed E-state index contributed by atoms with van der Waals surface area (Å²) in [5.41, 5.74) is -0.287. The molecule has 26 heavy (non-hydrogen) atoms. The van der Waals surface area contributed by atoms with Crippen molar-refractivity contribution in [3.05, 3.63) is 36.2 Å². The minimum atomic E-state index is -1.05. The molecule has 0 aliphatic carbocycles. The van der Waals surface area contributed by atoms with Crippen molar-refractivity contribution in [1.29, 1.82) is 0 Å². The molecule has 8 heteroatoms. The third kappa shape index (κ3) is 5.87. The highest BCUT2D eigenvalue weighted by molar-refractivity contribution is 5.79. The average Bonchev–Trinajstić information content (AvgIpc) is 3.21. The SMILES string of the molecule is CCNC(=NCC(C)(O)c1cnn(C)c1)NCCCCn1ccnc1C. The number of aliphatic imine (C=N–C) groups is 1. The van der Waals surface area contributed by atoms with Crippen LogP contribution in [0.5, 0.6) is 0 Å². The highest BCUT2D eigenvalue weighted by Crippen LogP contribution is 2.19. The number of aromatic nitrogens is 4. The average molecular weight is 361 g/mol. The minimum absolute atomic E-state index is 0.266. The summed E-state index contributed by atoms with van der Waals surface area (Å²) in [6.07, 6.45) is 9.42. The Hall–Kier alpha value is -2.35. The molecule has 2 rings (SSSR count). The zero-order valence-corrected chi connectivity index (χ0v) is 16.2. The number of aliphatic hydroxyl groups is 1. The van der Waals surface area contributed by atoms with Crippen molar-refractivity contribution in [3.63, 3.8) is 0 Å². The Labute approximate surface area is 155 Å². The Morgan fingerprint density at radius 1 is 1.35 bits per heavy atom. The van der Waals surface area contributed by atoms with E-state index in [0.717, 1.165) is 49.8 Å². The largest absolute Gasteiger partial charge is 0.383 e. The van der Waals surface area contributed by atoms with Crippen LogP contribution in [0.2, 0.25) is 0 Å². The quantitative estimate of drug-likeness (QED) is 0.354. The van der Waals surface area contributed by atoms with E-state index in [2.05, 4.69) is 30.3 Å². The molecule has 8 nitrogen and oxygen atoms in total. The maximum Gasteiger partial charge on any atom is 0.191 e. The van der Waals surface area contributed by atoms with E-state index >= 15 is 0 Å². The van der Waals surface area contributed by atoms with Crippen LogP contribution in [-0.2, 0) is 19.2 Å². The van der Waals surface area contributed by atoms with Crippen LogP contribution >= 0.6 is 0 Å². The van der Waals surface area contributed by atoms with E-state index in [-0.39, 0.29) is 6.54 Å². The number of hydrogen-bond donors (Lipinski definition) is 3. The topological polar surface area (TPSA) is 92.3 Å². The molecule has 0 radical (unpaired) electrons. The predicted molar refractivity (Wildman–Crippen MR) is 103 cm³/mol. The third-order valence-corrected chi connectivity index (χ3v) is 4.26. The van der Waals surface area contributed by atoms with Crippen molar-refractivity contribution in [1.82, 2.24) is 30.0 Å². The van der Waals surface area contributed by atoms with E-state index in [9.17, 15) is 5.11 Å². The van der Waals surface area contributed by atoms with Gasteiger partial charge in [-0.1, -0.05) is 0 Å². The van der Waals surface area contributed by atoms with Crippen LogP contribution in [0.4, 0.5) is 0 Å². The molecule has 1 unspecified atom stereocenters. The second-order valence-electron chi connectivity index (χ2n) is 6.67. The molecule has 0 fully saturated rings. The van der Waals surface area contributed by atoms with E-state index in [1.807, 2.05) is 39.5 Å². The van der Waals surface area contributed by atoms with Crippen molar-refractivity contribution in [3.8, 4) is 0 Å². The molecule has 0 bridgehead atoms. The van der Waals surface area contributed by atoms with Gasteiger partial charge in [0.15, 0.2) is 5.96 Å². The highest BCUT2D eigenvalue weighted by atomic mass is 16.3. The standard InChI is InChI=1S/C18H31N7O/c1-5-19-17(21-8-6-7-10-25-11-9-20-15(25)2)22-14-18(3,26)16-12-23-24(4)13-16/h9,11-13,26H,5-8,10,14H2,1-4H3,(H2,19,21,22). The fourth-order valence-electron chi connectivity index (χ4n) is 2.62. The van der Waals surface area contributed by atoms with E-state index in [4.69, 9.17) is 0 Å². The number of hydrogen-bond acceptors (Lipinski definition) is 4. The summed E-state index contributed by atoms with van der Waals surface area (Å²) in [6.45, 7) is 8.63. The van der Waals surface area contributed by atoms with Crippen molar-refractivity contribution >= 4 is 5.96 Å². The number of aryl methyl sites for hydroxylation is 3. The van der Waals surface area contributed by atoms with Crippen LogP contribution in [0.25, 0.3) is 0 Å². The molecule has 3 N–H and O–H groups in total. The van der Waals surface area contributed by atoms with Crippen molar-refractivity contribution < 1.29 is 5.11 Å². The first-order valence-electron chi connectivity index (χ1n) is 9.14. The van der Waals surface area contributed by atoms with Crippen LogP contribution < -0.4 is 10.6 Å². The van der Waals surface area contributed by atoms with E-state index < -0.39 is 5.60 Å². The fourth-order valence-corrected chi connectivity index (χ4v) is 2.62. The molecule has 2 aromatic heterocycles. The first-order valence-corrected chi connectivity index (χ1v) is 9.14. The van der Waals surface area contributed by atoms with Gasteiger partial charge in [0.1, 0.15) is 11.4 Å². The molecular weight excluding hydrogens is 330 g/mol. The fraction of sp³-hybridized carbons (Fsp3) is 0.611. The van der Waals surface area contributed by atoms with Crippen LogP contribution in [0.15, 0.2) is 29.8 Å². The lowest BCUT2D eigenvalue weighted by molar-refractivity contribution is 0.0672. The van der Waals surface area contributed by atoms with E-state index in [1.165, 1.54) is 0 Å². The van der Waals surface area contributed by atoms with Gasteiger partial charge in [-0.2, -0.15) is 5.10 Å². The first-order chi connectivity index (χ1) is 12.4. The van der Waals surface area contributed by atoms with Gasteiger partial charge in [0.2, 0.25) is 0 Å². The molecule has 0 amide bonds. The number of unbranched alkanes of at least 4 members (excludes halogenated alkanes) is 1. The van der Waals surface area contributed by atoms with Gasteiger partial charge in [-0.05, 0) is 33.6 Å². The third-order valence-electron chi connectivity index (χ3n) is 4.26. The molecule has 0 aliphatic rings. The Kier molecular flexibility index (Phi) is 7.20. The van der Waals surface area contributed by atoms with Gasteiger partial charge in [0.05, 0.1) is 12.7 Å². The summed E-state index contributed by atoms with van der Waals surface area (Å²) in [4.78, 5) is 8.76. The molecule has 0 aromatic carbocycles. The van der Waals surface area contributed by atoms with E-state index in [0.29, 0.717) is 0 Å². The number of guanidine groups is 1. The van der Waals surface area contributed by atoms with Gasteiger partial charge in [-0.3, -0.25) is 4.68 Å². The second-order valence-corrected chi connectivity index (χ2v) is 6.67. The van der Waals surface area contributed by atoms with E-state index in [1.54, 1.807) is 17.8 Å². The minimum Gasteiger partial charge on any atom is -0.383 e. The highest BCUT2D eigenvalue weighted by Gasteiger charge is 2.24. The molecule has 0 spiro atoms. The van der Waals surface area contributed by atoms with Gasteiger partial charge in [0.25, 0.3) is 0 Å². The van der Waals surface area contributed by atoms with Crippen LogP contribution in [0, 0.1) is 6.92 Å². The molecule has 2 aromatic rings. The van der Waals surface area contributed by atoms with Crippen molar-refractivity contribution in [2.45, 2.75) is 45.8 Å². The van der Waals surface area contributed by atoms with Gasteiger partial charge in [0, 0.05) is 50.8 Å². The van der Waals surface area contributed by atoms with Crippen molar-refractivity contribution in [2.24, 2.45) is 12.0 Å². The van der Waals surface area contributed by atoms with Gasteiger partial charge in [-0.15, -0.1) is 0 Å². The summed E-state index contributed by atoms with van der Waals surface area (Å²) in [5.74, 6) is 1.76. The summed E-state index contributed by atoms with van der Waals surface area (Å²) in [7, 11) is 1.83. The Morgan fingerprint density at radius 3 is 2.77 bits per heavy atom. The number of nitrogens with zero attached hydrogens (tertiary/aromatic N) is 5. The zero-order valence-electron chi connectivity index (χ0n) is 16.2. The van der Waals surface area contributed by atoms with Crippen LogP contribution in [0.3, 0.4) is 0 Å². The summed E-state index contributed by atoms with van der Waals surface area (Å²) < 4.78 is 3.84. The van der Waals surface area contributed by atoms with Gasteiger partial charge >= 0.3 is 0 Å². The Bertz CT molecular complexity index is 702. The second kappa shape index (κ2) is 9.38. The van der Waals surface area contributed by atoms with Crippen LogP contribution in [-0.4, -0.2) is 50.0 Å². The monoisotopic (exact) mass is 361 g/mol. The Morgan fingerprint density at radius 2 is 2.15 bits per heavy atom. The maximum atomic E-state index is 10.6. The normalized spacial score (nSPS) is 14.3. The zero-order chi connectivity index (χ0) is 19.0. The lowest BCUT2D eigenvalue weighted by Gasteiger charge is -2.20. The maximum absolute atomic E-state index is 10.6. The molecule has 0 saturated heterocycles. The van der Waals surface area contributed by atoms with Crippen LogP contribution in [0.1, 0.15) is 38.1 Å².